The number of pyridine rings is 1. The normalized spacial score (nSPS) is 16.6. The molecule has 5 nitrogen and oxygen atoms in total. The van der Waals surface area contributed by atoms with Gasteiger partial charge in [0, 0.05) is 22.7 Å². The van der Waals surface area contributed by atoms with Crippen LogP contribution in [-0.4, -0.2) is 10.9 Å². The molecular formula is C19H17FN2O3. The lowest BCUT2D eigenvalue weighted by molar-refractivity contribution is 0.0905. The van der Waals surface area contributed by atoms with E-state index < -0.39 is 5.82 Å². The van der Waals surface area contributed by atoms with Crippen molar-refractivity contribution in [2.24, 2.45) is 0 Å². The Balaban J connectivity index is 1.67. The summed E-state index contributed by atoms with van der Waals surface area (Å²) in [6.07, 6.45) is 2.43. The van der Waals surface area contributed by atoms with Gasteiger partial charge in [-0.05, 0) is 43.9 Å². The molecular weight excluding hydrogens is 323 g/mol. The first-order valence-corrected chi connectivity index (χ1v) is 8.25. The second-order valence-electron chi connectivity index (χ2n) is 6.35. The van der Waals surface area contributed by atoms with Crippen molar-refractivity contribution in [2.75, 3.05) is 0 Å². The maximum atomic E-state index is 13.9. The number of hydrogen-bond acceptors (Lipinski definition) is 3. The van der Waals surface area contributed by atoms with Gasteiger partial charge in [0.05, 0.1) is 6.04 Å². The van der Waals surface area contributed by atoms with Crippen molar-refractivity contribution in [1.29, 1.82) is 0 Å². The Labute approximate surface area is 142 Å². The number of rotatable bonds is 2. The summed E-state index contributed by atoms with van der Waals surface area (Å²) in [6, 6.07) is 7.64. The van der Waals surface area contributed by atoms with E-state index in [9.17, 15) is 14.0 Å². The summed E-state index contributed by atoms with van der Waals surface area (Å²) in [4.78, 5) is 27.0. The molecule has 1 aromatic carbocycles. The van der Waals surface area contributed by atoms with Gasteiger partial charge in [-0.25, -0.2) is 4.39 Å². The number of aryl methyl sites for hydroxylation is 2. The monoisotopic (exact) mass is 340 g/mol. The summed E-state index contributed by atoms with van der Waals surface area (Å²) in [5.41, 5.74) is 2.34. The number of aromatic amines is 1. The Morgan fingerprint density at radius 2 is 2.16 bits per heavy atom. The first-order chi connectivity index (χ1) is 12.0. The van der Waals surface area contributed by atoms with Gasteiger partial charge in [-0.1, -0.05) is 12.1 Å². The number of H-pyrrole nitrogens is 1. The van der Waals surface area contributed by atoms with Gasteiger partial charge < -0.3 is 14.7 Å². The van der Waals surface area contributed by atoms with Gasteiger partial charge in [-0.3, -0.25) is 9.59 Å². The van der Waals surface area contributed by atoms with E-state index in [1.165, 1.54) is 12.1 Å². The lowest BCUT2D eigenvalue weighted by Gasteiger charge is -2.25. The maximum absolute atomic E-state index is 13.9. The van der Waals surface area contributed by atoms with E-state index in [2.05, 4.69) is 10.3 Å². The molecule has 128 valence electrons. The summed E-state index contributed by atoms with van der Waals surface area (Å²) in [5, 5.41) is 3.55. The molecule has 0 aliphatic heterocycles. The molecule has 0 bridgehead atoms. The van der Waals surface area contributed by atoms with E-state index in [1.807, 2.05) is 0 Å². The van der Waals surface area contributed by atoms with E-state index in [0.29, 0.717) is 10.9 Å². The summed E-state index contributed by atoms with van der Waals surface area (Å²) >= 11 is 0. The Hall–Kier alpha value is -2.89. The number of amides is 1. The van der Waals surface area contributed by atoms with E-state index >= 15 is 0 Å². The van der Waals surface area contributed by atoms with E-state index in [-0.39, 0.29) is 28.9 Å². The zero-order chi connectivity index (χ0) is 17.6. The average molecular weight is 340 g/mol. The van der Waals surface area contributed by atoms with Crippen molar-refractivity contribution in [3.8, 4) is 0 Å². The van der Waals surface area contributed by atoms with Crippen LogP contribution in [0.4, 0.5) is 4.39 Å². The molecule has 4 rings (SSSR count). The summed E-state index contributed by atoms with van der Waals surface area (Å²) in [6.45, 7) is 1.74. The SMILES string of the molecule is Cc1c(C(=O)NC2CCCc3[nH]c(=O)ccc32)oc2c(F)cccc12. The van der Waals surface area contributed by atoms with Gasteiger partial charge in [0.1, 0.15) is 0 Å². The molecule has 2 aromatic heterocycles. The molecule has 1 atom stereocenters. The number of hydrogen-bond donors (Lipinski definition) is 2. The van der Waals surface area contributed by atoms with Crippen LogP contribution in [-0.2, 0) is 6.42 Å². The van der Waals surface area contributed by atoms with Crippen LogP contribution in [0.15, 0.2) is 39.5 Å². The van der Waals surface area contributed by atoms with Gasteiger partial charge in [0.15, 0.2) is 17.2 Å². The summed E-state index contributed by atoms with van der Waals surface area (Å²) in [5.74, 6) is -0.742. The number of carbonyl (C=O) groups is 1. The average Bonchev–Trinajstić information content (AvgIpc) is 2.93. The smallest absolute Gasteiger partial charge is 0.287 e. The molecule has 0 spiro atoms. The number of aromatic nitrogens is 1. The van der Waals surface area contributed by atoms with Crippen molar-refractivity contribution >= 4 is 16.9 Å². The van der Waals surface area contributed by atoms with Gasteiger partial charge >= 0.3 is 0 Å². The molecule has 1 aliphatic carbocycles. The van der Waals surface area contributed by atoms with Crippen LogP contribution in [0, 0.1) is 12.7 Å². The highest BCUT2D eigenvalue weighted by molar-refractivity contribution is 5.99. The molecule has 1 amide bonds. The highest BCUT2D eigenvalue weighted by Gasteiger charge is 2.26. The number of nitrogens with one attached hydrogen (secondary N) is 2. The predicted molar refractivity (Wildman–Crippen MR) is 91.1 cm³/mol. The van der Waals surface area contributed by atoms with Crippen LogP contribution in [0.5, 0.6) is 0 Å². The third-order valence-electron chi connectivity index (χ3n) is 4.76. The van der Waals surface area contributed by atoms with Crippen LogP contribution in [0.25, 0.3) is 11.0 Å². The summed E-state index contributed by atoms with van der Waals surface area (Å²) in [7, 11) is 0. The first kappa shape index (κ1) is 15.6. The topological polar surface area (TPSA) is 75.1 Å². The molecule has 1 unspecified atom stereocenters. The van der Waals surface area contributed by atoms with Crippen LogP contribution in [0.3, 0.4) is 0 Å². The van der Waals surface area contributed by atoms with E-state index in [4.69, 9.17) is 4.42 Å². The lowest BCUT2D eigenvalue weighted by atomic mass is 9.91. The minimum atomic E-state index is -0.486. The lowest BCUT2D eigenvalue weighted by Crippen LogP contribution is -2.32. The maximum Gasteiger partial charge on any atom is 0.287 e. The van der Waals surface area contributed by atoms with Crippen LogP contribution in [0.1, 0.15) is 46.3 Å². The molecule has 25 heavy (non-hydrogen) atoms. The van der Waals surface area contributed by atoms with Gasteiger partial charge in [-0.15, -0.1) is 0 Å². The predicted octanol–water partition coefficient (Wildman–Crippen LogP) is 3.38. The van der Waals surface area contributed by atoms with Crippen molar-refractivity contribution in [3.05, 3.63) is 69.1 Å². The number of furan rings is 1. The number of carbonyl (C=O) groups excluding carboxylic acids is 1. The van der Waals surface area contributed by atoms with Crippen molar-refractivity contribution in [3.63, 3.8) is 0 Å². The van der Waals surface area contributed by atoms with Gasteiger partial charge in [-0.2, -0.15) is 0 Å². The third-order valence-corrected chi connectivity index (χ3v) is 4.76. The highest BCUT2D eigenvalue weighted by Crippen LogP contribution is 2.30. The fourth-order valence-corrected chi connectivity index (χ4v) is 3.50. The molecule has 0 radical (unpaired) electrons. The molecule has 0 saturated heterocycles. The molecule has 6 heteroatoms. The zero-order valence-corrected chi connectivity index (χ0v) is 13.7. The third kappa shape index (κ3) is 2.63. The molecule has 3 aromatic rings. The minimum Gasteiger partial charge on any atom is -0.448 e. The molecule has 0 fully saturated rings. The number of fused-ring (bicyclic) bond motifs is 2. The Kier molecular flexibility index (Phi) is 3.67. The molecule has 0 saturated carbocycles. The summed E-state index contributed by atoms with van der Waals surface area (Å²) < 4.78 is 19.4. The Morgan fingerprint density at radius 1 is 1.32 bits per heavy atom. The largest absolute Gasteiger partial charge is 0.448 e. The second-order valence-corrected chi connectivity index (χ2v) is 6.35. The fraction of sp³-hybridized carbons (Fsp3) is 0.263. The van der Waals surface area contributed by atoms with E-state index in [1.54, 1.807) is 25.1 Å². The van der Waals surface area contributed by atoms with Crippen LogP contribution in [0.2, 0.25) is 0 Å². The van der Waals surface area contributed by atoms with Crippen LogP contribution < -0.4 is 10.9 Å². The highest BCUT2D eigenvalue weighted by atomic mass is 19.1. The molecule has 2 N–H and O–H groups in total. The van der Waals surface area contributed by atoms with Crippen molar-refractivity contribution < 1.29 is 13.6 Å². The number of para-hydroxylation sites is 1. The van der Waals surface area contributed by atoms with Gasteiger partial charge in [0.2, 0.25) is 5.56 Å². The van der Waals surface area contributed by atoms with Crippen LogP contribution >= 0.6 is 0 Å². The quantitative estimate of drug-likeness (QED) is 0.751. The number of halogens is 1. The molecule has 2 heterocycles. The second kappa shape index (κ2) is 5.88. The number of benzene rings is 1. The van der Waals surface area contributed by atoms with Gasteiger partial charge in [0.25, 0.3) is 5.91 Å². The van der Waals surface area contributed by atoms with Crippen molar-refractivity contribution in [1.82, 2.24) is 10.3 Å². The minimum absolute atomic E-state index is 0.0959. The van der Waals surface area contributed by atoms with Crippen molar-refractivity contribution in [2.45, 2.75) is 32.2 Å². The van der Waals surface area contributed by atoms with E-state index in [0.717, 1.165) is 30.5 Å². The Bertz CT molecular complexity index is 1030. The fourth-order valence-electron chi connectivity index (χ4n) is 3.50. The first-order valence-electron chi connectivity index (χ1n) is 8.25. The Morgan fingerprint density at radius 3 is 2.96 bits per heavy atom. The standard InChI is InChI=1S/C19H17FN2O3/c1-10-11-4-2-5-13(20)18(11)25-17(10)19(24)22-15-7-3-6-14-12(15)8-9-16(23)21-14/h2,4-5,8-9,15H,3,6-7H2,1H3,(H,21,23)(H,22,24). The molecule has 1 aliphatic rings. The zero-order valence-electron chi connectivity index (χ0n) is 13.7.